The molecule has 0 saturated heterocycles. The number of benzene rings is 2. The van der Waals surface area contributed by atoms with Crippen molar-refractivity contribution in [3.63, 3.8) is 0 Å². The van der Waals surface area contributed by atoms with Crippen molar-refractivity contribution in [3.8, 4) is 0 Å². The van der Waals surface area contributed by atoms with Crippen LogP contribution in [0.2, 0.25) is 10.0 Å². The van der Waals surface area contributed by atoms with Gasteiger partial charge in [-0.2, -0.15) is 0 Å². The van der Waals surface area contributed by atoms with Crippen molar-refractivity contribution in [2.75, 3.05) is 10.6 Å². The van der Waals surface area contributed by atoms with Crippen molar-refractivity contribution < 1.29 is 0 Å². The Morgan fingerprint density at radius 3 is 2.69 bits per heavy atom. The molecule has 0 aliphatic rings. The number of nitrogens with one attached hydrogen (secondary N) is 2. The first-order valence-electron chi connectivity index (χ1n) is 7.90. The lowest BCUT2D eigenvalue weighted by Crippen LogP contribution is -2.20. The number of aromatic nitrogens is 3. The highest BCUT2D eigenvalue weighted by Crippen LogP contribution is 2.23. The lowest BCUT2D eigenvalue weighted by Gasteiger charge is -2.12. The fourth-order valence-electron chi connectivity index (χ4n) is 2.39. The molecule has 0 unspecified atom stereocenters. The molecule has 1 aromatic heterocycles. The molecule has 0 aliphatic heterocycles. The van der Waals surface area contributed by atoms with Crippen LogP contribution in [0, 0.1) is 13.8 Å². The predicted octanol–water partition coefficient (Wildman–Crippen LogP) is 5.06. The van der Waals surface area contributed by atoms with Crippen molar-refractivity contribution in [1.82, 2.24) is 14.8 Å². The van der Waals surface area contributed by atoms with Crippen molar-refractivity contribution in [2.45, 2.75) is 20.4 Å². The second kappa shape index (κ2) is 8.03. The summed E-state index contributed by atoms with van der Waals surface area (Å²) in [6.45, 7) is 4.64. The van der Waals surface area contributed by atoms with E-state index in [0.717, 1.165) is 16.8 Å². The second-order valence-electron chi connectivity index (χ2n) is 5.84. The van der Waals surface area contributed by atoms with E-state index >= 15 is 0 Å². The van der Waals surface area contributed by atoms with Crippen LogP contribution >= 0.6 is 35.4 Å². The Bertz CT molecular complexity index is 955. The minimum absolute atomic E-state index is 0.424. The Morgan fingerprint density at radius 2 is 1.92 bits per heavy atom. The van der Waals surface area contributed by atoms with E-state index in [4.69, 9.17) is 35.4 Å². The number of halogens is 2. The first-order chi connectivity index (χ1) is 12.4. The summed E-state index contributed by atoms with van der Waals surface area (Å²) < 4.78 is 1.70. The van der Waals surface area contributed by atoms with Gasteiger partial charge in [-0.05, 0) is 61.0 Å². The van der Waals surface area contributed by atoms with Gasteiger partial charge in [-0.1, -0.05) is 41.4 Å². The first-order valence-corrected chi connectivity index (χ1v) is 9.06. The average molecular weight is 406 g/mol. The third-order valence-corrected chi connectivity index (χ3v) is 4.89. The topological polar surface area (TPSA) is 54.8 Å². The van der Waals surface area contributed by atoms with Crippen LogP contribution in [0.3, 0.4) is 0 Å². The average Bonchev–Trinajstić information content (AvgIpc) is 3.02. The summed E-state index contributed by atoms with van der Waals surface area (Å²) in [5.74, 6) is 0.424. The van der Waals surface area contributed by atoms with Crippen LogP contribution in [0.1, 0.15) is 16.7 Å². The van der Waals surface area contributed by atoms with Crippen LogP contribution in [0.4, 0.5) is 11.6 Å². The largest absolute Gasteiger partial charge is 0.332 e. The van der Waals surface area contributed by atoms with E-state index in [2.05, 4.69) is 33.7 Å². The van der Waals surface area contributed by atoms with E-state index in [-0.39, 0.29) is 0 Å². The minimum atomic E-state index is 0.424. The maximum Gasteiger partial charge on any atom is 0.248 e. The first kappa shape index (κ1) is 18.6. The molecule has 0 saturated carbocycles. The summed E-state index contributed by atoms with van der Waals surface area (Å²) in [6.07, 6.45) is 1.63. The third-order valence-electron chi connectivity index (χ3n) is 3.94. The SMILES string of the molecule is Cc1cccc(NC(=S)Nc2ncn(Cc3ccc(Cl)c(Cl)c3)n2)c1C. The molecule has 0 bridgehead atoms. The maximum atomic E-state index is 6.04. The summed E-state index contributed by atoms with van der Waals surface area (Å²) >= 11 is 17.3. The predicted molar refractivity (Wildman–Crippen MR) is 111 cm³/mol. The van der Waals surface area contributed by atoms with Gasteiger partial charge in [0.05, 0.1) is 16.6 Å². The summed E-state index contributed by atoms with van der Waals surface area (Å²) in [6, 6.07) is 11.5. The van der Waals surface area contributed by atoms with Crippen LogP contribution in [-0.2, 0) is 6.54 Å². The number of hydrogen-bond acceptors (Lipinski definition) is 3. The highest BCUT2D eigenvalue weighted by molar-refractivity contribution is 7.80. The van der Waals surface area contributed by atoms with Gasteiger partial charge in [-0.3, -0.25) is 5.32 Å². The van der Waals surface area contributed by atoms with E-state index in [1.54, 1.807) is 17.1 Å². The molecule has 0 amide bonds. The summed E-state index contributed by atoms with van der Waals surface area (Å²) in [5.41, 5.74) is 4.28. The number of hydrogen-bond donors (Lipinski definition) is 2. The quantitative estimate of drug-likeness (QED) is 0.594. The Kier molecular flexibility index (Phi) is 5.76. The second-order valence-corrected chi connectivity index (χ2v) is 7.06. The number of aryl methyl sites for hydroxylation is 1. The number of thiocarbonyl (C=S) groups is 1. The molecule has 0 atom stereocenters. The molecule has 0 aliphatic carbocycles. The van der Waals surface area contributed by atoms with Crippen molar-refractivity contribution in [3.05, 3.63) is 69.5 Å². The molecule has 26 heavy (non-hydrogen) atoms. The van der Waals surface area contributed by atoms with Gasteiger partial charge in [0.15, 0.2) is 5.11 Å². The number of rotatable bonds is 4. The van der Waals surface area contributed by atoms with Crippen LogP contribution in [0.15, 0.2) is 42.7 Å². The normalized spacial score (nSPS) is 10.6. The van der Waals surface area contributed by atoms with Crippen LogP contribution in [0.5, 0.6) is 0 Å². The van der Waals surface area contributed by atoms with E-state index < -0.39 is 0 Å². The maximum absolute atomic E-state index is 6.04. The van der Waals surface area contributed by atoms with Gasteiger partial charge in [0.1, 0.15) is 6.33 Å². The van der Waals surface area contributed by atoms with Gasteiger partial charge < -0.3 is 5.32 Å². The molecule has 2 aromatic carbocycles. The minimum Gasteiger partial charge on any atom is -0.332 e. The van der Waals surface area contributed by atoms with E-state index in [0.29, 0.717) is 27.7 Å². The van der Waals surface area contributed by atoms with Gasteiger partial charge >= 0.3 is 0 Å². The lowest BCUT2D eigenvalue weighted by atomic mass is 10.1. The zero-order valence-electron chi connectivity index (χ0n) is 14.3. The molecule has 5 nitrogen and oxygen atoms in total. The molecule has 0 radical (unpaired) electrons. The van der Waals surface area contributed by atoms with Gasteiger partial charge in [-0.15, -0.1) is 5.10 Å². The molecular weight excluding hydrogens is 389 g/mol. The molecule has 0 spiro atoms. The zero-order valence-corrected chi connectivity index (χ0v) is 16.6. The van der Waals surface area contributed by atoms with E-state index in [1.807, 2.05) is 31.2 Å². The van der Waals surface area contributed by atoms with Gasteiger partial charge in [0.25, 0.3) is 0 Å². The molecular formula is C18H17Cl2N5S. The lowest BCUT2D eigenvalue weighted by molar-refractivity contribution is 0.687. The third kappa shape index (κ3) is 4.52. The highest BCUT2D eigenvalue weighted by Gasteiger charge is 2.07. The smallest absolute Gasteiger partial charge is 0.248 e. The van der Waals surface area contributed by atoms with Crippen LogP contribution < -0.4 is 10.6 Å². The molecule has 1 heterocycles. The zero-order chi connectivity index (χ0) is 18.7. The number of anilines is 2. The fraction of sp³-hybridized carbons (Fsp3) is 0.167. The van der Waals surface area contributed by atoms with Gasteiger partial charge in [-0.25, -0.2) is 9.67 Å². The van der Waals surface area contributed by atoms with Crippen molar-refractivity contribution >= 4 is 52.2 Å². The van der Waals surface area contributed by atoms with Gasteiger partial charge in [0.2, 0.25) is 5.95 Å². The Balaban J connectivity index is 1.63. The van der Waals surface area contributed by atoms with E-state index in [9.17, 15) is 0 Å². The number of nitrogens with zero attached hydrogens (tertiary/aromatic N) is 3. The van der Waals surface area contributed by atoms with Crippen LogP contribution in [0.25, 0.3) is 0 Å². The van der Waals surface area contributed by atoms with Crippen LogP contribution in [-0.4, -0.2) is 19.9 Å². The molecule has 0 fully saturated rings. The summed E-state index contributed by atoms with van der Waals surface area (Å²) in [7, 11) is 0. The standard InChI is InChI=1S/C18H17Cl2N5S/c1-11-4-3-5-16(12(11)2)22-18(26)23-17-21-10-25(24-17)9-13-6-7-14(19)15(20)8-13/h3-8,10H,9H2,1-2H3,(H2,22,23,24,26). The molecule has 3 aromatic rings. The summed E-state index contributed by atoms with van der Waals surface area (Å²) in [4.78, 5) is 4.23. The van der Waals surface area contributed by atoms with E-state index in [1.165, 1.54) is 5.56 Å². The van der Waals surface area contributed by atoms with Gasteiger partial charge in [0, 0.05) is 5.69 Å². The van der Waals surface area contributed by atoms with Crippen molar-refractivity contribution in [2.24, 2.45) is 0 Å². The summed E-state index contributed by atoms with van der Waals surface area (Å²) in [5, 5.41) is 12.0. The molecule has 3 rings (SSSR count). The molecule has 2 N–H and O–H groups in total. The Labute approximate surface area is 167 Å². The Morgan fingerprint density at radius 1 is 1.12 bits per heavy atom. The molecule has 134 valence electrons. The van der Waals surface area contributed by atoms with Crippen molar-refractivity contribution in [1.29, 1.82) is 0 Å². The molecule has 8 heteroatoms. The fourth-order valence-corrected chi connectivity index (χ4v) is 2.92. The highest BCUT2D eigenvalue weighted by atomic mass is 35.5. The monoisotopic (exact) mass is 405 g/mol. The Hall–Kier alpha value is -2.15.